The first kappa shape index (κ1) is 22.4. The predicted octanol–water partition coefficient (Wildman–Crippen LogP) is 4.04. The van der Waals surface area contributed by atoms with Crippen LogP contribution in [0.5, 0.6) is 0 Å². The molecule has 1 heterocycles. The van der Waals surface area contributed by atoms with Gasteiger partial charge in [-0.2, -0.15) is 0 Å². The van der Waals surface area contributed by atoms with Gasteiger partial charge in [-0.25, -0.2) is 4.79 Å². The summed E-state index contributed by atoms with van der Waals surface area (Å²) in [6, 6.07) is 8.96. The Hall–Kier alpha value is -2.89. The summed E-state index contributed by atoms with van der Waals surface area (Å²) in [4.78, 5) is 40.1. The van der Waals surface area contributed by atoms with Gasteiger partial charge in [0.25, 0.3) is 5.91 Å². The summed E-state index contributed by atoms with van der Waals surface area (Å²) < 4.78 is 6.99. The van der Waals surface area contributed by atoms with Crippen molar-refractivity contribution in [3.63, 3.8) is 0 Å². The number of hydrogen-bond acceptors (Lipinski definition) is 4. The van der Waals surface area contributed by atoms with Crippen LogP contribution in [0.4, 0.5) is 0 Å². The van der Waals surface area contributed by atoms with Crippen molar-refractivity contribution in [3.8, 4) is 0 Å². The first-order valence-corrected chi connectivity index (χ1v) is 10.1. The van der Waals surface area contributed by atoms with E-state index in [0.717, 1.165) is 12.1 Å². The Kier molecular flexibility index (Phi) is 7.76. The zero-order chi connectivity index (χ0) is 21.6. The molecule has 2 rings (SSSR count). The van der Waals surface area contributed by atoms with Gasteiger partial charge >= 0.3 is 5.97 Å². The number of ether oxygens (including phenoxy) is 1. The summed E-state index contributed by atoms with van der Waals surface area (Å²) in [5.41, 5.74) is 2.79. The van der Waals surface area contributed by atoms with Crippen LogP contribution in [-0.4, -0.2) is 46.8 Å². The highest BCUT2D eigenvalue weighted by molar-refractivity contribution is 6.06. The molecule has 0 bridgehead atoms. The van der Waals surface area contributed by atoms with Crippen LogP contribution in [0.2, 0.25) is 0 Å². The lowest BCUT2D eigenvalue weighted by Gasteiger charge is -2.21. The Morgan fingerprint density at radius 2 is 1.69 bits per heavy atom. The SMILES string of the molecule is CCCN(CC(=O)c1c(C)c(C(=O)OCC)n(CC)c1C)C(=O)c1ccccc1. The number of aromatic nitrogens is 1. The number of ketones is 1. The van der Waals surface area contributed by atoms with Gasteiger partial charge in [-0.1, -0.05) is 25.1 Å². The van der Waals surface area contributed by atoms with Gasteiger partial charge < -0.3 is 14.2 Å². The molecule has 1 amide bonds. The second-order valence-corrected chi connectivity index (χ2v) is 6.91. The van der Waals surface area contributed by atoms with E-state index in [-0.39, 0.29) is 24.8 Å². The molecule has 6 heteroatoms. The highest BCUT2D eigenvalue weighted by Gasteiger charge is 2.28. The van der Waals surface area contributed by atoms with E-state index < -0.39 is 5.97 Å². The highest BCUT2D eigenvalue weighted by atomic mass is 16.5. The fourth-order valence-electron chi connectivity index (χ4n) is 3.70. The Morgan fingerprint density at radius 3 is 2.24 bits per heavy atom. The van der Waals surface area contributed by atoms with E-state index in [1.54, 1.807) is 43.0 Å². The fourth-order valence-corrected chi connectivity index (χ4v) is 3.70. The van der Waals surface area contributed by atoms with Crippen molar-refractivity contribution in [2.45, 2.75) is 47.6 Å². The van der Waals surface area contributed by atoms with Gasteiger partial charge in [0, 0.05) is 29.9 Å². The minimum Gasteiger partial charge on any atom is -0.461 e. The van der Waals surface area contributed by atoms with Crippen LogP contribution < -0.4 is 0 Å². The van der Waals surface area contributed by atoms with Crippen LogP contribution in [0.15, 0.2) is 30.3 Å². The van der Waals surface area contributed by atoms with Gasteiger partial charge in [0.2, 0.25) is 0 Å². The molecule has 1 aromatic heterocycles. The van der Waals surface area contributed by atoms with Gasteiger partial charge in [-0.05, 0) is 51.8 Å². The number of carbonyl (C=O) groups excluding carboxylic acids is 3. The molecule has 29 heavy (non-hydrogen) atoms. The minimum absolute atomic E-state index is 0.0285. The molecular formula is C23H30N2O4. The molecular weight excluding hydrogens is 368 g/mol. The van der Waals surface area contributed by atoms with Crippen molar-refractivity contribution < 1.29 is 19.1 Å². The van der Waals surface area contributed by atoms with Crippen molar-refractivity contribution in [3.05, 3.63) is 58.4 Å². The number of carbonyl (C=O) groups is 3. The summed E-state index contributed by atoms with van der Waals surface area (Å²) in [6.45, 7) is 10.5. The number of rotatable bonds is 9. The lowest BCUT2D eigenvalue weighted by molar-refractivity contribution is 0.0512. The molecule has 0 unspecified atom stereocenters. The van der Waals surface area contributed by atoms with Crippen LogP contribution in [0, 0.1) is 13.8 Å². The molecule has 0 saturated carbocycles. The maximum atomic E-state index is 13.2. The first-order valence-electron chi connectivity index (χ1n) is 10.1. The molecule has 0 aliphatic carbocycles. The van der Waals surface area contributed by atoms with Crippen LogP contribution >= 0.6 is 0 Å². The number of benzene rings is 1. The summed E-state index contributed by atoms with van der Waals surface area (Å²) in [5, 5.41) is 0. The van der Waals surface area contributed by atoms with Gasteiger partial charge in [0.05, 0.1) is 13.2 Å². The summed E-state index contributed by atoms with van der Waals surface area (Å²) >= 11 is 0. The van der Waals surface area contributed by atoms with E-state index in [4.69, 9.17) is 4.74 Å². The number of Topliss-reactive ketones (excluding diaryl/α,β-unsaturated/α-hetero) is 1. The molecule has 0 radical (unpaired) electrons. The van der Waals surface area contributed by atoms with Gasteiger partial charge in [0.1, 0.15) is 5.69 Å². The molecule has 6 nitrogen and oxygen atoms in total. The van der Waals surface area contributed by atoms with Crippen molar-refractivity contribution in [2.24, 2.45) is 0 Å². The van der Waals surface area contributed by atoms with E-state index in [1.807, 2.05) is 31.4 Å². The van der Waals surface area contributed by atoms with E-state index in [2.05, 4.69) is 0 Å². The average Bonchev–Trinajstić information content (AvgIpc) is 2.97. The molecule has 0 fully saturated rings. The maximum absolute atomic E-state index is 13.2. The van der Waals surface area contributed by atoms with Crippen LogP contribution in [0.1, 0.15) is 69.7 Å². The van der Waals surface area contributed by atoms with Crippen LogP contribution in [-0.2, 0) is 11.3 Å². The van der Waals surface area contributed by atoms with Gasteiger partial charge in [-0.15, -0.1) is 0 Å². The Morgan fingerprint density at radius 1 is 1.03 bits per heavy atom. The second-order valence-electron chi connectivity index (χ2n) is 6.91. The molecule has 0 atom stereocenters. The topological polar surface area (TPSA) is 68.6 Å². The average molecular weight is 399 g/mol. The van der Waals surface area contributed by atoms with Crippen molar-refractivity contribution in [1.29, 1.82) is 0 Å². The Balaban J connectivity index is 2.37. The summed E-state index contributed by atoms with van der Waals surface area (Å²) in [5.74, 6) is -0.771. The summed E-state index contributed by atoms with van der Waals surface area (Å²) in [6.07, 6.45) is 0.744. The van der Waals surface area contributed by atoms with E-state index in [0.29, 0.717) is 35.5 Å². The minimum atomic E-state index is -0.431. The smallest absolute Gasteiger partial charge is 0.355 e. The molecule has 0 saturated heterocycles. The lowest BCUT2D eigenvalue weighted by atomic mass is 10.0. The van der Waals surface area contributed by atoms with E-state index >= 15 is 0 Å². The standard InChI is InChI=1S/C23H30N2O4/c1-6-14-24(22(27)18-12-10-9-11-13-18)15-19(26)20-16(4)21(23(28)29-8-3)25(7-2)17(20)5/h9-13H,6-8,14-15H2,1-5H3. The quantitative estimate of drug-likeness (QED) is 0.472. The summed E-state index contributed by atoms with van der Waals surface area (Å²) in [7, 11) is 0. The third-order valence-corrected chi connectivity index (χ3v) is 4.97. The second kappa shape index (κ2) is 10.0. The Bertz CT molecular complexity index is 884. The normalized spacial score (nSPS) is 10.7. The number of nitrogens with zero attached hydrogens (tertiary/aromatic N) is 2. The predicted molar refractivity (Wildman–Crippen MR) is 113 cm³/mol. The third kappa shape index (κ3) is 4.75. The number of esters is 1. The van der Waals surface area contributed by atoms with Crippen LogP contribution in [0.3, 0.4) is 0 Å². The molecule has 0 aliphatic heterocycles. The van der Waals surface area contributed by atoms with Gasteiger partial charge in [0.15, 0.2) is 5.78 Å². The number of amides is 1. The molecule has 0 spiro atoms. The first-order chi connectivity index (χ1) is 13.9. The molecule has 0 aliphatic rings. The van der Waals surface area contributed by atoms with Gasteiger partial charge in [-0.3, -0.25) is 9.59 Å². The molecule has 1 aromatic carbocycles. The van der Waals surface area contributed by atoms with Crippen molar-refractivity contribution >= 4 is 17.7 Å². The monoisotopic (exact) mass is 398 g/mol. The van der Waals surface area contributed by atoms with Crippen molar-refractivity contribution in [1.82, 2.24) is 9.47 Å². The largest absolute Gasteiger partial charge is 0.461 e. The van der Waals surface area contributed by atoms with Crippen LogP contribution in [0.25, 0.3) is 0 Å². The molecule has 156 valence electrons. The van der Waals surface area contributed by atoms with E-state index in [1.165, 1.54) is 0 Å². The molecule has 2 aromatic rings. The van der Waals surface area contributed by atoms with Crippen molar-refractivity contribution in [2.75, 3.05) is 19.7 Å². The highest BCUT2D eigenvalue weighted by Crippen LogP contribution is 2.24. The zero-order valence-electron chi connectivity index (χ0n) is 17.9. The lowest BCUT2D eigenvalue weighted by Crippen LogP contribution is -2.36. The maximum Gasteiger partial charge on any atom is 0.355 e. The molecule has 0 N–H and O–H groups in total. The Labute approximate surface area is 172 Å². The zero-order valence-corrected chi connectivity index (χ0v) is 17.9. The third-order valence-electron chi connectivity index (χ3n) is 4.97. The van der Waals surface area contributed by atoms with E-state index in [9.17, 15) is 14.4 Å². The number of hydrogen-bond donors (Lipinski definition) is 0. The fraction of sp³-hybridized carbons (Fsp3) is 0.435.